The van der Waals surface area contributed by atoms with Crippen LogP contribution in [0.25, 0.3) is 0 Å². The summed E-state index contributed by atoms with van der Waals surface area (Å²) in [5.41, 5.74) is -0.672. The third-order valence-electron chi connectivity index (χ3n) is 2.92. The van der Waals surface area contributed by atoms with Crippen LogP contribution in [0, 0.1) is 6.92 Å². The number of aromatic nitrogens is 3. The summed E-state index contributed by atoms with van der Waals surface area (Å²) in [6.07, 6.45) is 2.47. The molecule has 0 aromatic carbocycles. The summed E-state index contributed by atoms with van der Waals surface area (Å²) in [6.45, 7) is 7.01. The Labute approximate surface area is 102 Å². The Balaban J connectivity index is 2.03. The molecule has 17 heavy (non-hydrogen) atoms. The van der Waals surface area contributed by atoms with Crippen LogP contribution < -0.4 is 0 Å². The fraction of sp³-hybridized carbons (Fsp3) is 0.833. The topological polar surface area (TPSA) is 54.2 Å². The quantitative estimate of drug-likeness (QED) is 0.835. The van der Waals surface area contributed by atoms with Crippen molar-refractivity contribution in [1.82, 2.24) is 19.7 Å². The molecule has 1 aliphatic rings. The Morgan fingerprint density at radius 3 is 2.59 bits per heavy atom. The lowest BCUT2D eigenvalue weighted by molar-refractivity contribution is 0.0414. The molecule has 1 saturated carbocycles. The van der Waals surface area contributed by atoms with Gasteiger partial charge in [0.1, 0.15) is 11.6 Å². The van der Waals surface area contributed by atoms with Gasteiger partial charge in [-0.2, -0.15) is 0 Å². The maximum atomic E-state index is 9.78. The van der Waals surface area contributed by atoms with Gasteiger partial charge in [-0.1, -0.05) is 0 Å². The first-order valence-electron chi connectivity index (χ1n) is 6.18. The van der Waals surface area contributed by atoms with E-state index in [1.165, 1.54) is 12.8 Å². The predicted octanol–water partition coefficient (Wildman–Crippen LogP) is 1.12. The third-order valence-corrected chi connectivity index (χ3v) is 2.92. The fourth-order valence-corrected chi connectivity index (χ4v) is 2.29. The van der Waals surface area contributed by atoms with Crippen LogP contribution >= 0.6 is 0 Å². The van der Waals surface area contributed by atoms with Gasteiger partial charge in [0.15, 0.2) is 0 Å². The van der Waals surface area contributed by atoms with Crippen molar-refractivity contribution in [2.45, 2.75) is 51.8 Å². The van der Waals surface area contributed by atoms with Gasteiger partial charge in [0.2, 0.25) is 0 Å². The van der Waals surface area contributed by atoms with Crippen molar-refractivity contribution in [2.24, 2.45) is 0 Å². The standard InChI is InChI=1S/C12H22N4O/c1-9-13-14-11(16(9)10-5-6-10)7-15(4)8-12(2,3)17/h10,17H,5-8H2,1-4H3. The number of likely N-dealkylation sites (N-methyl/N-ethyl adjacent to an activating group) is 1. The summed E-state index contributed by atoms with van der Waals surface area (Å²) in [5.74, 6) is 2.01. The molecule has 5 heteroatoms. The molecule has 5 nitrogen and oxygen atoms in total. The average molecular weight is 238 g/mol. The van der Waals surface area contributed by atoms with Crippen LogP contribution in [0.1, 0.15) is 44.4 Å². The van der Waals surface area contributed by atoms with Crippen molar-refractivity contribution in [3.05, 3.63) is 11.6 Å². The number of aliphatic hydroxyl groups is 1. The van der Waals surface area contributed by atoms with Crippen LogP contribution in [0.15, 0.2) is 0 Å². The van der Waals surface area contributed by atoms with Gasteiger partial charge in [0.05, 0.1) is 12.1 Å². The molecule has 0 atom stereocenters. The average Bonchev–Trinajstić information content (AvgIpc) is 2.90. The van der Waals surface area contributed by atoms with Crippen molar-refractivity contribution >= 4 is 0 Å². The second-order valence-electron chi connectivity index (χ2n) is 5.75. The predicted molar refractivity (Wildman–Crippen MR) is 65.7 cm³/mol. The Morgan fingerprint density at radius 1 is 1.41 bits per heavy atom. The van der Waals surface area contributed by atoms with Crippen LogP contribution in [0.4, 0.5) is 0 Å². The molecule has 0 saturated heterocycles. The molecule has 1 aromatic heterocycles. The molecule has 2 rings (SSSR count). The van der Waals surface area contributed by atoms with E-state index in [4.69, 9.17) is 0 Å². The number of hydrogen-bond donors (Lipinski definition) is 1. The minimum atomic E-state index is -0.672. The van der Waals surface area contributed by atoms with E-state index >= 15 is 0 Å². The van der Waals surface area contributed by atoms with E-state index in [0.29, 0.717) is 12.6 Å². The number of aryl methyl sites for hydroxylation is 1. The van der Waals surface area contributed by atoms with Crippen molar-refractivity contribution in [2.75, 3.05) is 13.6 Å². The number of rotatable bonds is 5. The largest absolute Gasteiger partial charge is 0.389 e. The molecule has 0 spiro atoms. The Hall–Kier alpha value is -0.940. The number of nitrogens with zero attached hydrogens (tertiary/aromatic N) is 4. The molecule has 1 aliphatic carbocycles. The monoisotopic (exact) mass is 238 g/mol. The Kier molecular flexibility index (Phi) is 3.23. The van der Waals surface area contributed by atoms with Crippen LogP contribution in [0.2, 0.25) is 0 Å². The molecule has 0 bridgehead atoms. The summed E-state index contributed by atoms with van der Waals surface area (Å²) in [4.78, 5) is 2.09. The summed E-state index contributed by atoms with van der Waals surface area (Å²) >= 11 is 0. The van der Waals surface area contributed by atoms with Crippen LogP contribution in [0.3, 0.4) is 0 Å². The van der Waals surface area contributed by atoms with E-state index in [1.54, 1.807) is 0 Å². The molecule has 0 radical (unpaired) electrons. The van der Waals surface area contributed by atoms with Crippen molar-refractivity contribution in [1.29, 1.82) is 0 Å². The SMILES string of the molecule is Cc1nnc(CN(C)CC(C)(C)O)n1C1CC1. The maximum Gasteiger partial charge on any atom is 0.147 e. The molecule has 96 valence electrons. The summed E-state index contributed by atoms with van der Waals surface area (Å²) in [7, 11) is 2.00. The van der Waals surface area contributed by atoms with Crippen molar-refractivity contribution < 1.29 is 5.11 Å². The molecule has 1 N–H and O–H groups in total. The lowest BCUT2D eigenvalue weighted by atomic mass is 10.1. The van der Waals surface area contributed by atoms with Gasteiger partial charge in [-0.25, -0.2) is 0 Å². The normalized spacial score (nSPS) is 16.8. The fourth-order valence-electron chi connectivity index (χ4n) is 2.29. The Morgan fingerprint density at radius 2 is 2.06 bits per heavy atom. The summed E-state index contributed by atoms with van der Waals surface area (Å²) in [5, 5.41) is 18.2. The van der Waals surface area contributed by atoms with E-state index in [2.05, 4.69) is 19.7 Å². The summed E-state index contributed by atoms with van der Waals surface area (Å²) < 4.78 is 2.24. The first-order chi connectivity index (χ1) is 7.87. The highest BCUT2D eigenvalue weighted by molar-refractivity contribution is 5.01. The zero-order chi connectivity index (χ0) is 12.6. The first-order valence-corrected chi connectivity index (χ1v) is 6.18. The van der Waals surface area contributed by atoms with Gasteiger partial charge in [-0.3, -0.25) is 4.90 Å². The van der Waals surface area contributed by atoms with Gasteiger partial charge in [-0.05, 0) is 40.7 Å². The van der Waals surface area contributed by atoms with E-state index in [0.717, 1.165) is 18.2 Å². The zero-order valence-corrected chi connectivity index (χ0v) is 11.1. The highest BCUT2D eigenvalue weighted by Crippen LogP contribution is 2.36. The maximum absolute atomic E-state index is 9.78. The van der Waals surface area contributed by atoms with Gasteiger partial charge in [0, 0.05) is 12.6 Å². The van der Waals surface area contributed by atoms with Gasteiger partial charge in [0.25, 0.3) is 0 Å². The third kappa shape index (κ3) is 3.26. The molecule has 1 fully saturated rings. The molecule has 1 aromatic rings. The smallest absolute Gasteiger partial charge is 0.147 e. The minimum Gasteiger partial charge on any atom is -0.389 e. The second kappa shape index (κ2) is 4.38. The highest BCUT2D eigenvalue weighted by Gasteiger charge is 2.28. The molecular formula is C12H22N4O. The van der Waals surface area contributed by atoms with Crippen LogP contribution in [-0.2, 0) is 6.54 Å². The zero-order valence-electron chi connectivity index (χ0n) is 11.1. The van der Waals surface area contributed by atoms with Gasteiger partial charge in [-0.15, -0.1) is 10.2 Å². The lowest BCUT2D eigenvalue weighted by Crippen LogP contribution is -2.36. The molecular weight excluding hydrogens is 216 g/mol. The van der Waals surface area contributed by atoms with Gasteiger partial charge >= 0.3 is 0 Å². The minimum absolute atomic E-state index is 0.607. The van der Waals surface area contributed by atoms with Crippen LogP contribution in [0.5, 0.6) is 0 Å². The second-order valence-corrected chi connectivity index (χ2v) is 5.75. The molecule has 1 heterocycles. The first kappa shape index (κ1) is 12.5. The van der Waals surface area contributed by atoms with E-state index in [1.807, 2.05) is 27.8 Å². The number of hydrogen-bond acceptors (Lipinski definition) is 4. The molecule has 0 aliphatic heterocycles. The van der Waals surface area contributed by atoms with Crippen molar-refractivity contribution in [3.8, 4) is 0 Å². The van der Waals surface area contributed by atoms with Gasteiger partial charge < -0.3 is 9.67 Å². The van der Waals surface area contributed by atoms with Crippen molar-refractivity contribution in [3.63, 3.8) is 0 Å². The molecule has 0 amide bonds. The van der Waals surface area contributed by atoms with E-state index in [-0.39, 0.29) is 0 Å². The Bertz CT molecular complexity index is 390. The van der Waals surface area contributed by atoms with E-state index in [9.17, 15) is 5.11 Å². The van der Waals surface area contributed by atoms with Crippen LogP contribution in [-0.4, -0.2) is 44.0 Å². The lowest BCUT2D eigenvalue weighted by Gasteiger charge is -2.25. The van der Waals surface area contributed by atoms with E-state index < -0.39 is 5.60 Å². The molecule has 0 unspecified atom stereocenters. The summed E-state index contributed by atoms with van der Waals surface area (Å²) in [6, 6.07) is 0.607. The highest BCUT2D eigenvalue weighted by atomic mass is 16.3.